The van der Waals surface area contributed by atoms with Crippen molar-refractivity contribution in [2.24, 2.45) is 16.7 Å². The summed E-state index contributed by atoms with van der Waals surface area (Å²) in [4.78, 5) is 2.28. The number of hydrogen-bond acceptors (Lipinski definition) is 5. The molecule has 0 aromatic carbocycles. The molecule has 3 heterocycles. The number of rotatable bonds is 2. The van der Waals surface area contributed by atoms with E-state index in [1.54, 1.807) is 0 Å². The second kappa shape index (κ2) is 4.91. The predicted molar refractivity (Wildman–Crippen MR) is 93.1 cm³/mol. The van der Waals surface area contributed by atoms with E-state index in [4.69, 9.17) is 5.10 Å². The third-order valence-corrected chi connectivity index (χ3v) is 5.72. The highest BCUT2D eigenvalue weighted by Crippen LogP contribution is 2.46. The van der Waals surface area contributed by atoms with Gasteiger partial charge in [0, 0.05) is 29.8 Å². The van der Waals surface area contributed by atoms with Gasteiger partial charge in [0.05, 0.1) is 6.10 Å². The molecular weight excluding hydrogens is 302 g/mol. The van der Waals surface area contributed by atoms with Crippen molar-refractivity contribution in [1.82, 2.24) is 19.8 Å². The fraction of sp³-hybridized carbons (Fsp3) is 0.722. The standard InChI is InChI=1S/C18H27N5O/c1-11-8-12(11)15-20-19-13-6-7-14(21-23(13)15)22-9-17(2,3)16(24)18(4,5)10-22/h6-7,11-12,16,24H,8-10H2,1-5H3. The van der Waals surface area contributed by atoms with E-state index in [-0.39, 0.29) is 16.9 Å². The van der Waals surface area contributed by atoms with Gasteiger partial charge in [-0.2, -0.15) is 4.52 Å². The lowest BCUT2D eigenvalue weighted by Gasteiger charge is -2.51. The quantitative estimate of drug-likeness (QED) is 0.917. The first kappa shape index (κ1) is 15.8. The highest BCUT2D eigenvalue weighted by molar-refractivity contribution is 5.47. The fourth-order valence-electron chi connectivity index (χ4n) is 4.31. The van der Waals surface area contributed by atoms with Gasteiger partial charge in [0.25, 0.3) is 0 Å². The smallest absolute Gasteiger partial charge is 0.178 e. The average molecular weight is 329 g/mol. The third-order valence-electron chi connectivity index (χ3n) is 5.72. The van der Waals surface area contributed by atoms with Crippen LogP contribution in [0.4, 0.5) is 5.82 Å². The van der Waals surface area contributed by atoms with Crippen molar-refractivity contribution in [2.75, 3.05) is 18.0 Å². The van der Waals surface area contributed by atoms with E-state index >= 15 is 0 Å². The molecular formula is C18H27N5O. The molecule has 2 aliphatic rings. The van der Waals surface area contributed by atoms with E-state index in [2.05, 4.69) is 49.7 Å². The van der Waals surface area contributed by atoms with Crippen LogP contribution in [0.15, 0.2) is 12.1 Å². The second-order valence-corrected chi connectivity index (χ2v) is 9.07. The third kappa shape index (κ3) is 2.39. The van der Waals surface area contributed by atoms with E-state index in [9.17, 15) is 5.11 Å². The molecule has 0 amide bonds. The molecule has 2 fully saturated rings. The summed E-state index contributed by atoms with van der Waals surface area (Å²) in [5.74, 6) is 3.07. The number of nitrogens with zero attached hydrogens (tertiary/aromatic N) is 5. The molecule has 1 saturated carbocycles. The monoisotopic (exact) mass is 329 g/mol. The Morgan fingerprint density at radius 1 is 1.08 bits per heavy atom. The summed E-state index contributed by atoms with van der Waals surface area (Å²) in [6, 6.07) is 4.02. The van der Waals surface area contributed by atoms with Gasteiger partial charge in [-0.1, -0.05) is 34.6 Å². The Hall–Kier alpha value is -1.69. The summed E-state index contributed by atoms with van der Waals surface area (Å²) >= 11 is 0. The molecule has 2 atom stereocenters. The SMILES string of the molecule is CC1CC1c1nnc2ccc(N3CC(C)(C)C(O)C(C)(C)C3)nn12. The first-order valence-corrected chi connectivity index (χ1v) is 8.84. The summed E-state index contributed by atoms with van der Waals surface area (Å²) in [5.41, 5.74) is 0.446. The minimum Gasteiger partial charge on any atom is -0.392 e. The summed E-state index contributed by atoms with van der Waals surface area (Å²) < 4.78 is 1.91. The van der Waals surface area contributed by atoms with Gasteiger partial charge in [-0.05, 0) is 24.5 Å². The minimum atomic E-state index is -0.331. The molecule has 24 heavy (non-hydrogen) atoms. The van der Waals surface area contributed by atoms with Gasteiger partial charge in [0.2, 0.25) is 0 Å². The van der Waals surface area contributed by atoms with Crippen molar-refractivity contribution in [3.05, 3.63) is 18.0 Å². The normalized spacial score (nSPS) is 29.2. The molecule has 2 unspecified atom stereocenters. The van der Waals surface area contributed by atoms with Crippen LogP contribution >= 0.6 is 0 Å². The Morgan fingerprint density at radius 2 is 1.71 bits per heavy atom. The summed E-state index contributed by atoms with van der Waals surface area (Å²) in [6.07, 6.45) is 0.839. The molecule has 0 spiro atoms. The molecule has 4 rings (SSSR count). The van der Waals surface area contributed by atoms with E-state index in [0.717, 1.165) is 30.4 Å². The van der Waals surface area contributed by atoms with Crippen LogP contribution in [0.2, 0.25) is 0 Å². The van der Waals surface area contributed by atoms with Crippen LogP contribution in [0, 0.1) is 16.7 Å². The Kier molecular flexibility index (Phi) is 3.24. The Labute approximate surface area is 142 Å². The Balaban J connectivity index is 1.71. The van der Waals surface area contributed by atoms with Crippen LogP contribution in [0.5, 0.6) is 0 Å². The minimum absolute atomic E-state index is 0.181. The van der Waals surface area contributed by atoms with Gasteiger partial charge < -0.3 is 10.0 Å². The molecule has 2 aromatic heterocycles. The summed E-state index contributed by atoms with van der Waals surface area (Å²) in [7, 11) is 0. The number of fused-ring (bicyclic) bond motifs is 1. The molecule has 1 saturated heterocycles. The average Bonchev–Trinajstić information content (AvgIpc) is 3.07. The molecule has 130 valence electrons. The highest BCUT2D eigenvalue weighted by atomic mass is 16.3. The maximum atomic E-state index is 10.7. The van der Waals surface area contributed by atoms with Gasteiger partial charge in [0.15, 0.2) is 11.5 Å². The molecule has 6 nitrogen and oxygen atoms in total. The summed E-state index contributed by atoms with van der Waals surface area (Å²) in [6.45, 7) is 12.3. The largest absolute Gasteiger partial charge is 0.392 e. The van der Waals surface area contributed by atoms with Crippen LogP contribution in [0.1, 0.15) is 52.8 Å². The van der Waals surface area contributed by atoms with Crippen molar-refractivity contribution in [3.8, 4) is 0 Å². The van der Waals surface area contributed by atoms with Gasteiger partial charge in [-0.15, -0.1) is 15.3 Å². The van der Waals surface area contributed by atoms with Crippen molar-refractivity contribution < 1.29 is 5.11 Å². The van der Waals surface area contributed by atoms with Crippen molar-refractivity contribution in [3.63, 3.8) is 0 Å². The number of aromatic nitrogens is 4. The number of anilines is 1. The van der Waals surface area contributed by atoms with Crippen LogP contribution in [-0.4, -0.2) is 44.1 Å². The van der Waals surface area contributed by atoms with Gasteiger partial charge in [0.1, 0.15) is 5.82 Å². The van der Waals surface area contributed by atoms with Gasteiger partial charge >= 0.3 is 0 Å². The predicted octanol–water partition coefficient (Wildman–Crippen LogP) is 2.48. The zero-order valence-electron chi connectivity index (χ0n) is 15.2. The number of hydrogen-bond donors (Lipinski definition) is 1. The van der Waals surface area contributed by atoms with Crippen molar-refractivity contribution >= 4 is 11.5 Å². The summed E-state index contributed by atoms with van der Waals surface area (Å²) in [5, 5.41) is 24.1. The van der Waals surface area contributed by atoms with Crippen LogP contribution in [0.3, 0.4) is 0 Å². The maximum Gasteiger partial charge on any atom is 0.178 e. The van der Waals surface area contributed by atoms with E-state index in [1.807, 2.05) is 16.6 Å². The number of piperidine rings is 1. The van der Waals surface area contributed by atoms with E-state index in [0.29, 0.717) is 11.8 Å². The zero-order chi connectivity index (χ0) is 17.3. The van der Waals surface area contributed by atoms with Gasteiger partial charge in [-0.25, -0.2) is 0 Å². The number of aliphatic hydroxyl groups excluding tert-OH is 1. The maximum absolute atomic E-state index is 10.7. The Morgan fingerprint density at radius 3 is 2.29 bits per heavy atom. The second-order valence-electron chi connectivity index (χ2n) is 9.07. The lowest BCUT2D eigenvalue weighted by atomic mass is 9.68. The van der Waals surface area contributed by atoms with Crippen molar-refractivity contribution in [1.29, 1.82) is 0 Å². The molecule has 1 aliphatic heterocycles. The molecule has 2 aromatic rings. The first-order valence-electron chi connectivity index (χ1n) is 8.84. The first-order chi connectivity index (χ1) is 11.2. The van der Waals surface area contributed by atoms with E-state index < -0.39 is 0 Å². The molecule has 1 N–H and O–H groups in total. The topological polar surface area (TPSA) is 66.5 Å². The molecule has 1 aliphatic carbocycles. The molecule has 6 heteroatoms. The fourth-order valence-corrected chi connectivity index (χ4v) is 4.31. The molecule has 0 radical (unpaired) electrons. The molecule has 0 bridgehead atoms. The number of aliphatic hydroxyl groups is 1. The van der Waals surface area contributed by atoms with Crippen LogP contribution in [-0.2, 0) is 0 Å². The van der Waals surface area contributed by atoms with Gasteiger partial charge in [-0.3, -0.25) is 0 Å². The van der Waals surface area contributed by atoms with Crippen LogP contribution in [0.25, 0.3) is 5.65 Å². The lowest BCUT2D eigenvalue weighted by molar-refractivity contribution is -0.0534. The Bertz CT molecular complexity index is 763. The van der Waals surface area contributed by atoms with Crippen LogP contribution < -0.4 is 4.90 Å². The lowest BCUT2D eigenvalue weighted by Crippen LogP contribution is -2.58. The highest BCUT2D eigenvalue weighted by Gasteiger charge is 2.46. The zero-order valence-corrected chi connectivity index (χ0v) is 15.2. The van der Waals surface area contributed by atoms with E-state index in [1.165, 1.54) is 6.42 Å². The van der Waals surface area contributed by atoms with Crippen molar-refractivity contribution in [2.45, 2.75) is 53.1 Å².